The van der Waals surface area contributed by atoms with Gasteiger partial charge in [0.25, 0.3) is 0 Å². The lowest BCUT2D eigenvalue weighted by atomic mass is 9.96. The highest BCUT2D eigenvalue weighted by molar-refractivity contribution is 6.31. The maximum atomic E-state index is 9.89. The third-order valence-electron chi connectivity index (χ3n) is 5.35. The summed E-state index contributed by atoms with van der Waals surface area (Å²) < 4.78 is 5.17. The third-order valence-corrected chi connectivity index (χ3v) is 5.57. The molecule has 2 aromatic rings. The van der Waals surface area contributed by atoms with E-state index in [0.717, 1.165) is 60.0 Å². The molecule has 1 aromatic carbocycles. The molecule has 1 aliphatic rings. The lowest BCUT2D eigenvalue weighted by molar-refractivity contribution is 0.136. The van der Waals surface area contributed by atoms with Gasteiger partial charge in [0.15, 0.2) is 0 Å². The number of benzene rings is 1. The van der Waals surface area contributed by atoms with Gasteiger partial charge in [0.2, 0.25) is 0 Å². The molecule has 0 amide bonds. The Morgan fingerprint density at radius 3 is 2.85 bits per heavy atom. The van der Waals surface area contributed by atoms with Crippen LogP contribution in [0.3, 0.4) is 0 Å². The fourth-order valence-corrected chi connectivity index (χ4v) is 4.21. The molecule has 2 heterocycles. The van der Waals surface area contributed by atoms with E-state index in [2.05, 4.69) is 27.9 Å². The van der Waals surface area contributed by atoms with Gasteiger partial charge >= 0.3 is 0 Å². The van der Waals surface area contributed by atoms with Gasteiger partial charge in [-0.05, 0) is 43.7 Å². The van der Waals surface area contributed by atoms with E-state index < -0.39 is 0 Å². The van der Waals surface area contributed by atoms with Gasteiger partial charge in [-0.2, -0.15) is 0 Å². The molecule has 1 fully saturated rings. The number of aryl methyl sites for hydroxylation is 1. The summed E-state index contributed by atoms with van der Waals surface area (Å²) in [6.45, 7) is 6.61. The molecule has 0 aliphatic carbocycles. The van der Waals surface area contributed by atoms with Crippen LogP contribution in [0.4, 0.5) is 5.69 Å². The number of methoxy groups -OCH3 is 1. The highest BCUT2D eigenvalue weighted by Crippen LogP contribution is 2.35. The van der Waals surface area contributed by atoms with E-state index in [1.165, 1.54) is 0 Å². The Hall–Kier alpha value is -1.40. The van der Waals surface area contributed by atoms with Crippen molar-refractivity contribution in [2.45, 2.75) is 6.92 Å². The Labute approximate surface area is 160 Å². The highest BCUT2D eigenvalue weighted by atomic mass is 35.5. The number of aliphatic hydroxyl groups excluding tert-OH is 1. The molecular weight excluding hydrogens is 350 g/mol. The molecule has 1 N–H and O–H groups in total. The summed E-state index contributed by atoms with van der Waals surface area (Å²) in [5, 5.41) is 11.7. The molecule has 5 nitrogen and oxygen atoms in total. The number of aromatic nitrogens is 1. The molecule has 0 spiro atoms. The number of pyridine rings is 1. The third kappa shape index (κ3) is 4.12. The van der Waals surface area contributed by atoms with Crippen molar-refractivity contribution in [2.24, 2.45) is 11.8 Å². The van der Waals surface area contributed by atoms with Gasteiger partial charge in [-0.25, -0.2) is 0 Å². The second-order valence-electron chi connectivity index (χ2n) is 7.31. The Morgan fingerprint density at radius 1 is 1.35 bits per heavy atom. The molecule has 0 radical (unpaired) electrons. The average Bonchev–Trinajstić information content (AvgIpc) is 3.02. The van der Waals surface area contributed by atoms with Gasteiger partial charge in [-0.3, -0.25) is 4.98 Å². The Balaban J connectivity index is 1.83. The first-order valence-electron chi connectivity index (χ1n) is 9.11. The Bertz CT molecular complexity index is 755. The van der Waals surface area contributed by atoms with E-state index in [4.69, 9.17) is 16.3 Å². The van der Waals surface area contributed by atoms with Crippen LogP contribution < -0.4 is 4.90 Å². The molecule has 0 saturated carbocycles. The highest BCUT2D eigenvalue weighted by Gasteiger charge is 2.33. The lowest BCUT2D eigenvalue weighted by Gasteiger charge is -2.24. The quantitative estimate of drug-likeness (QED) is 0.804. The summed E-state index contributed by atoms with van der Waals surface area (Å²) >= 11 is 6.30. The van der Waals surface area contributed by atoms with E-state index in [1.54, 1.807) is 7.11 Å². The number of hydrogen-bond acceptors (Lipinski definition) is 5. The number of nitrogens with zero attached hydrogens (tertiary/aromatic N) is 3. The predicted molar refractivity (Wildman–Crippen MR) is 107 cm³/mol. The summed E-state index contributed by atoms with van der Waals surface area (Å²) in [4.78, 5) is 9.19. The minimum Gasteiger partial charge on any atom is -0.396 e. The van der Waals surface area contributed by atoms with Crippen molar-refractivity contribution in [3.8, 4) is 0 Å². The van der Waals surface area contributed by atoms with Crippen LogP contribution in [0.5, 0.6) is 0 Å². The van der Waals surface area contributed by atoms with E-state index in [-0.39, 0.29) is 12.5 Å². The zero-order chi connectivity index (χ0) is 18.7. The van der Waals surface area contributed by atoms with Crippen LogP contribution in [0, 0.1) is 18.8 Å². The SMILES string of the molecule is COCCN(C)C[C@@H]1CN(c2ccnc3c(C)cc(Cl)cc23)C[C@@H]1CO. The van der Waals surface area contributed by atoms with E-state index in [0.29, 0.717) is 5.92 Å². The topological polar surface area (TPSA) is 48.8 Å². The maximum absolute atomic E-state index is 9.89. The van der Waals surface area contributed by atoms with Crippen molar-refractivity contribution in [1.82, 2.24) is 9.88 Å². The van der Waals surface area contributed by atoms with E-state index in [9.17, 15) is 5.11 Å². The minimum absolute atomic E-state index is 0.210. The van der Waals surface area contributed by atoms with Crippen LogP contribution in [0.25, 0.3) is 10.9 Å². The number of rotatable bonds is 7. The maximum Gasteiger partial charge on any atom is 0.0752 e. The van der Waals surface area contributed by atoms with Crippen LogP contribution in [-0.4, -0.2) is 68.5 Å². The summed E-state index contributed by atoms with van der Waals surface area (Å²) in [6, 6.07) is 6.01. The van der Waals surface area contributed by atoms with Crippen LogP contribution in [0.1, 0.15) is 5.56 Å². The molecule has 1 saturated heterocycles. The number of ether oxygens (including phenoxy) is 1. The summed E-state index contributed by atoms with van der Waals surface area (Å²) in [7, 11) is 3.84. The average molecular weight is 378 g/mol. The first kappa shape index (κ1) is 19.4. The zero-order valence-electron chi connectivity index (χ0n) is 15.8. The number of aliphatic hydroxyl groups is 1. The predicted octanol–water partition coefficient (Wildman–Crippen LogP) is 2.82. The van der Waals surface area contributed by atoms with Crippen molar-refractivity contribution in [2.75, 3.05) is 58.5 Å². The van der Waals surface area contributed by atoms with Crippen molar-refractivity contribution in [3.63, 3.8) is 0 Å². The molecule has 3 rings (SSSR count). The fraction of sp³-hybridized carbons (Fsp3) is 0.550. The van der Waals surface area contributed by atoms with Gasteiger partial charge < -0.3 is 19.6 Å². The fourth-order valence-electron chi connectivity index (χ4n) is 3.94. The number of fused-ring (bicyclic) bond motifs is 1. The molecule has 0 unspecified atom stereocenters. The zero-order valence-corrected chi connectivity index (χ0v) is 16.5. The molecule has 6 heteroatoms. The first-order chi connectivity index (χ1) is 12.5. The van der Waals surface area contributed by atoms with Gasteiger partial charge in [-0.1, -0.05) is 11.6 Å². The molecule has 0 bridgehead atoms. The molecule has 1 aliphatic heterocycles. The van der Waals surface area contributed by atoms with Crippen LogP contribution in [0.2, 0.25) is 5.02 Å². The monoisotopic (exact) mass is 377 g/mol. The van der Waals surface area contributed by atoms with Gasteiger partial charge in [-0.15, -0.1) is 0 Å². The second-order valence-corrected chi connectivity index (χ2v) is 7.75. The minimum atomic E-state index is 0.210. The van der Waals surface area contributed by atoms with Crippen molar-refractivity contribution < 1.29 is 9.84 Å². The normalized spacial score (nSPS) is 20.5. The van der Waals surface area contributed by atoms with E-state index in [1.807, 2.05) is 25.3 Å². The molecule has 142 valence electrons. The Morgan fingerprint density at radius 2 is 2.12 bits per heavy atom. The van der Waals surface area contributed by atoms with Crippen molar-refractivity contribution >= 4 is 28.2 Å². The second kappa shape index (κ2) is 8.53. The van der Waals surface area contributed by atoms with Gasteiger partial charge in [0, 0.05) is 68.1 Å². The van der Waals surface area contributed by atoms with Crippen LogP contribution >= 0.6 is 11.6 Å². The number of hydrogen-bond donors (Lipinski definition) is 1. The lowest BCUT2D eigenvalue weighted by Crippen LogP contribution is -2.33. The summed E-state index contributed by atoms with van der Waals surface area (Å²) in [5.74, 6) is 0.689. The van der Waals surface area contributed by atoms with Crippen LogP contribution in [0.15, 0.2) is 24.4 Å². The van der Waals surface area contributed by atoms with Crippen LogP contribution in [-0.2, 0) is 4.74 Å². The molecular formula is C20H28ClN3O2. The Kier molecular flexibility index (Phi) is 6.35. The smallest absolute Gasteiger partial charge is 0.0752 e. The number of likely N-dealkylation sites (N-methyl/N-ethyl adjacent to an activating group) is 1. The number of anilines is 1. The molecule has 26 heavy (non-hydrogen) atoms. The largest absolute Gasteiger partial charge is 0.396 e. The standard InChI is InChI=1S/C20H28ClN3O2/c1-14-8-17(21)9-18-19(4-5-22-20(14)18)24-11-15(16(12-24)13-25)10-23(2)6-7-26-3/h4-5,8-9,15-16,25H,6-7,10-13H2,1-3H3/t15-,16-/m1/s1. The van der Waals surface area contributed by atoms with E-state index >= 15 is 0 Å². The van der Waals surface area contributed by atoms with Crippen molar-refractivity contribution in [3.05, 3.63) is 35.0 Å². The molecule has 1 aromatic heterocycles. The van der Waals surface area contributed by atoms with Crippen molar-refractivity contribution in [1.29, 1.82) is 0 Å². The van der Waals surface area contributed by atoms with Gasteiger partial charge in [0.05, 0.1) is 12.1 Å². The molecule has 2 atom stereocenters. The first-order valence-corrected chi connectivity index (χ1v) is 9.49. The summed E-state index contributed by atoms with van der Waals surface area (Å²) in [5.41, 5.74) is 3.23. The summed E-state index contributed by atoms with van der Waals surface area (Å²) in [6.07, 6.45) is 1.87. The number of halogens is 1. The van der Waals surface area contributed by atoms with Gasteiger partial charge in [0.1, 0.15) is 0 Å².